The summed E-state index contributed by atoms with van der Waals surface area (Å²) in [5.74, 6) is 0. The second kappa shape index (κ2) is 6.20. The van der Waals surface area contributed by atoms with Crippen molar-refractivity contribution in [2.75, 3.05) is 0 Å². The van der Waals surface area contributed by atoms with Crippen molar-refractivity contribution in [3.63, 3.8) is 0 Å². The van der Waals surface area contributed by atoms with E-state index in [1.165, 1.54) is 0 Å². The number of rotatable bonds is 2. The van der Waals surface area contributed by atoms with Gasteiger partial charge >= 0.3 is 0 Å². The van der Waals surface area contributed by atoms with Gasteiger partial charge in [0.2, 0.25) is 0 Å². The molecule has 102 valence electrons. The minimum Gasteiger partial charge on any atom is -0.223 e. The number of hydrogen-bond acceptors (Lipinski definition) is 2. The van der Waals surface area contributed by atoms with E-state index in [1.807, 2.05) is 31.2 Å². The third-order valence-electron chi connectivity index (χ3n) is 3.42. The molecule has 1 aromatic rings. The first kappa shape index (κ1) is 14.1. The van der Waals surface area contributed by atoms with Crippen molar-refractivity contribution in [2.24, 2.45) is 0 Å². The molecule has 0 saturated heterocycles. The molecule has 2 nitrogen and oxygen atoms in total. The number of benzene rings is 1. The highest BCUT2D eigenvalue weighted by molar-refractivity contribution is 7.92. The second-order valence-electron chi connectivity index (χ2n) is 4.97. The Morgan fingerprint density at radius 1 is 0.895 bits per heavy atom. The molecule has 0 fully saturated rings. The fourth-order valence-corrected chi connectivity index (χ4v) is 3.82. The zero-order valence-electron chi connectivity index (χ0n) is 11.2. The largest absolute Gasteiger partial charge is 0.223 e. The van der Waals surface area contributed by atoms with Crippen LogP contribution >= 0.6 is 0 Å². The van der Waals surface area contributed by atoms with E-state index in [-0.39, 0.29) is 5.25 Å². The monoisotopic (exact) mass is 276 g/mol. The van der Waals surface area contributed by atoms with Crippen LogP contribution in [0.3, 0.4) is 0 Å². The lowest BCUT2D eigenvalue weighted by atomic mass is 10.2. The second-order valence-corrected chi connectivity index (χ2v) is 7.20. The maximum absolute atomic E-state index is 12.6. The normalized spacial score (nSPS) is 23.9. The minimum atomic E-state index is -3.24. The van der Waals surface area contributed by atoms with Crippen molar-refractivity contribution >= 4 is 9.84 Å². The van der Waals surface area contributed by atoms with Gasteiger partial charge in [-0.2, -0.15) is 0 Å². The lowest BCUT2D eigenvalue weighted by molar-refractivity contribution is 0.579. The van der Waals surface area contributed by atoms with Gasteiger partial charge in [-0.1, -0.05) is 42.0 Å². The van der Waals surface area contributed by atoms with Crippen molar-refractivity contribution < 1.29 is 8.42 Å². The number of allylic oxidation sites excluding steroid dienone is 4. The topological polar surface area (TPSA) is 34.1 Å². The standard InChI is InChI=1S/C16H20O2S/c1-14-10-12-16(13-11-14)19(17,18)15-8-6-4-2-3-5-7-9-15/h4-7,10-13,15H,2-3,8-9H2,1H3/b6-4-,7-5+. The molecule has 0 heterocycles. The minimum absolute atomic E-state index is 0.346. The van der Waals surface area contributed by atoms with E-state index in [9.17, 15) is 8.42 Å². The molecular formula is C16H20O2S. The maximum atomic E-state index is 12.6. The fourth-order valence-electron chi connectivity index (χ4n) is 2.19. The van der Waals surface area contributed by atoms with Crippen molar-refractivity contribution in [1.82, 2.24) is 0 Å². The van der Waals surface area contributed by atoms with Gasteiger partial charge < -0.3 is 0 Å². The summed E-state index contributed by atoms with van der Waals surface area (Å²) in [6.07, 6.45) is 11.3. The first-order valence-electron chi connectivity index (χ1n) is 6.71. The van der Waals surface area contributed by atoms with Gasteiger partial charge in [0.15, 0.2) is 9.84 Å². The van der Waals surface area contributed by atoms with Gasteiger partial charge in [0.1, 0.15) is 0 Å². The highest BCUT2D eigenvalue weighted by Gasteiger charge is 2.25. The molecule has 0 bridgehead atoms. The Morgan fingerprint density at radius 2 is 1.42 bits per heavy atom. The smallest absolute Gasteiger partial charge is 0.181 e. The summed E-state index contributed by atoms with van der Waals surface area (Å²) in [6, 6.07) is 7.14. The molecule has 3 heteroatoms. The predicted molar refractivity (Wildman–Crippen MR) is 78.9 cm³/mol. The van der Waals surface area contributed by atoms with Gasteiger partial charge in [-0.15, -0.1) is 0 Å². The predicted octanol–water partition coefficient (Wildman–Crippen LogP) is 3.82. The van der Waals surface area contributed by atoms with Gasteiger partial charge in [-0.25, -0.2) is 8.42 Å². The third-order valence-corrected chi connectivity index (χ3v) is 5.61. The molecule has 1 aromatic carbocycles. The van der Waals surface area contributed by atoms with Crippen LogP contribution in [0, 0.1) is 6.92 Å². The third kappa shape index (κ3) is 3.57. The molecule has 19 heavy (non-hydrogen) atoms. The number of sulfone groups is 1. The summed E-state index contributed by atoms with van der Waals surface area (Å²) in [4.78, 5) is 0.434. The Morgan fingerprint density at radius 3 is 1.95 bits per heavy atom. The van der Waals surface area contributed by atoms with Gasteiger partial charge in [0.05, 0.1) is 10.1 Å². The lowest BCUT2D eigenvalue weighted by Gasteiger charge is -2.14. The molecule has 1 atom stereocenters. The molecule has 0 aromatic heterocycles. The van der Waals surface area contributed by atoms with Gasteiger partial charge in [0.25, 0.3) is 0 Å². The van der Waals surface area contributed by atoms with Gasteiger partial charge in [0, 0.05) is 0 Å². The fraction of sp³-hybridized carbons (Fsp3) is 0.375. The highest BCUT2D eigenvalue weighted by Crippen LogP contribution is 2.23. The number of aryl methyl sites for hydroxylation is 1. The van der Waals surface area contributed by atoms with E-state index < -0.39 is 9.84 Å². The van der Waals surface area contributed by atoms with Gasteiger partial charge in [-0.3, -0.25) is 0 Å². The first-order valence-corrected chi connectivity index (χ1v) is 8.26. The Labute approximate surface area is 115 Å². The van der Waals surface area contributed by atoms with E-state index in [0.717, 1.165) is 18.4 Å². The summed E-state index contributed by atoms with van der Waals surface area (Å²) >= 11 is 0. The zero-order valence-corrected chi connectivity index (χ0v) is 12.1. The van der Waals surface area contributed by atoms with Crippen molar-refractivity contribution in [3.8, 4) is 0 Å². The lowest BCUT2D eigenvalue weighted by Crippen LogP contribution is -2.20. The Bertz CT molecular complexity index is 549. The van der Waals surface area contributed by atoms with Crippen molar-refractivity contribution in [3.05, 3.63) is 54.1 Å². The number of hydrogen-bond donors (Lipinski definition) is 0. The van der Waals surface area contributed by atoms with Crippen LogP contribution in [0.4, 0.5) is 0 Å². The summed E-state index contributed by atoms with van der Waals surface area (Å²) in [5.41, 5.74) is 1.08. The summed E-state index contributed by atoms with van der Waals surface area (Å²) in [7, 11) is -3.24. The first-order chi connectivity index (χ1) is 9.10. The Hall–Kier alpha value is -1.35. The molecule has 0 radical (unpaired) electrons. The molecule has 0 amide bonds. The van der Waals surface area contributed by atoms with Crippen molar-refractivity contribution in [2.45, 2.75) is 42.8 Å². The molecule has 0 spiro atoms. The summed E-state index contributed by atoms with van der Waals surface area (Å²) < 4.78 is 25.2. The van der Waals surface area contributed by atoms with E-state index in [4.69, 9.17) is 0 Å². The average Bonchev–Trinajstić information content (AvgIpc) is 2.52. The Balaban J connectivity index is 2.28. The molecule has 1 aliphatic carbocycles. The molecule has 0 aliphatic heterocycles. The molecule has 1 unspecified atom stereocenters. The quantitative estimate of drug-likeness (QED) is 0.769. The van der Waals surface area contributed by atoms with Gasteiger partial charge in [-0.05, 0) is 44.7 Å². The van der Waals surface area contributed by atoms with Crippen LogP contribution in [-0.4, -0.2) is 13.7 Å². The van der Waals surface area contributed by atoms with Crippen LogP contribution in [0.1, 0.15) is 31.2 Å². The molecule has 2 rings (SSSR count). The van der Waals surface area contributed by atoms with Crippen LogP contribution in [-0.2, 0) is 9.84 Å². The van der Waals surface area contributed by atoms with Crippen LogP contribution in [0.2, 0.25) is 0 Å². The highest BCUT2D eigenvalue weighted by atomic mass is 32.2. The van der Waals surface area contributed by atoms with E-state index in [1.54, 1.807) is 12.1 Å². The molecule has 1 aliphatic rings. The van der Waals surface area contributed by atoms with Crippen LogP contribution < -0.4 is 0 Å². The average molecular weight is 276 g/mol. The summed E-state index contributed by atoms with van der Waals surface area (Å²) in [6.45, 7) is 1.96. The van der Waals surface area contributed by atoms with E-state index in [0.29, 0.717) is 17.7 Å². The molecular weight excluding hydrogens is 256 g/mol. The molecule has 0 N–H and O–H groups in total. The van der Waals surface area contributed by atoms with Crippen LogP contribution in [0.5, 0.6) is 0 Å². The maximum Gasteiger partial charge on any atom is 0.181 e. The van der Waals surface area contributed by atoms with Crippen LogP contribution in [0.15, 0.2) is 53.5 Å². The van der Waals surface area contributed by atoms with Crippen molar-refractivity contribution in [1.29, 1.82) is 0 Å². The van der Waals surface area contributed by atoms with E-state index >= 15 is 0 Å². The Kier molecular flexibility index (Phi) is 4.59. The van der Waals surface area contributed by atoms with Crippen LogP contribution in [0.25, 0.3) is 0 Å². The summed E-state index contributed by atoms with van der Waals surface area (Å²) in [5, 5.41) is -0.346. The van der Waals surface area contributed by atoms with E-state index in [2.05, 4.69) is 12.2 Å². The zero-order chi connectivity index (χ0) is 13.7. The molecule has 0 saturated carbocycles. The SMILES string of the molecule is Cc1ccc(S(=O)(=O)C2C/C=C\CC/C=C/C2)cc1.